The molecule has 2 rings (SSSR count). The number of carbonyl (C=O) groups is 1. The summed E-state index contributed by atoms with van der Waals surface area (Å²) in [4.78, 5) is 13.7. The normalized spacial score (nSPS) is 10.3. The minimum absolute atomic E-state index is 0.0531. The highest BCUT2D eigenvalue weighted by Gasteiger charge is 2.17. The molecule has 0 atom stereocenters. The molecular weight excluding hydrogens is 323 g/mol. The number of hydrogen-bond acceptors (Lipinski definition) is 2. The summed E-state index contributed by atoms with van der Waals surface area (Å²) in [5.41, 5.74) is 7.27. The summed E-state index contributed by atoms with van der Waals surface area (Å²) in [6, 6.07) is 11.9. The number of nitrogens with two attached hydrogens (primary N) is 1. The van der Waals surface area contributed by atoms with Crippen molar-refractivity contribution in [2.75, 3.05) is 12.8 Å². The van der Waals surface area contributed by atoms with Gasteiger partial charge in [0.15, 0.2) is 0 Å². The number of benzene rings is 2. The molecule has 0 saturated heterocycles. The van der Waals surface area contributed by atoms with Crippen molar-refractivity contribution in [3.05, 3.63) is 63.9 Å². The zero-order valence-corrected chi connectivity index (χ0v) is 12.5. The van der Waals surface area contributed by atoms with Gasteiger partial charge in [0.2, 0.25) is 0 Å². The van der Waals surface area contributed by atoms with E-state index in [2.05, 4.69) is 15.9 Å². The van der Waals surface area contributed by atoms with E-state index in [-0.39, 0.29) is 15.9 Å². The quantitative estimate of drug-likeness (QED) is 0.872. The number of halogens is 2. The Bertz CT molecular complexity index is 628. The maximum atomic E-state index is 13.9. The van der Waals surface area contributed by atoms with Crippen LogP contribution in [0.4, 0.5) is 10.1 Å². The van der Waals surface area contributed by atoms with E-state index in [9.17, 15) is 9.18 Å². The molecule has 3 nitrogen and oxygen atoms in total. The van der Waals surface area contributed by atoms with Crippen LogP contribution in [-0.4, -0.2) is 17.9 Å². The fourth-order valence-corrected chi connectivity index (χ4v) is 2.21. The summed E-state index contributed by atoms with van der Waals surface area (Å²) in [7, 11) is 1.64. The second-order valence-corrected chi connectivity index (χ2v) is 5.36. The Morgan fingerprint density at radius 3 is 2.55 bits per heavy atom. The molecule has 0 unspecified atom stereocenters. The molecule has 1 amide bonds. The highest BCUT2D eigenvalue weighted by molar-refractivity contribution is 9.10. The molecule has 0 radical (unpaired) electrons. The van der Waals surface area contributed by atoms with Gasteiger partial charge in [-0.2, -0.15) is 0 Å². The summed E-state index contributed by atoms with van der Waals surface area (Å²) in [5.74, 6) is -0.901. The van der Waals surface area contributed by atoms with Crippen LogP contribution in [0.15, 0.2) is 46.9 Å². The number of hydrogen-bond donors (Lipinski definition) is 1. The maximum absolute atomic E-state index is 13.9. The van der Waals surface area contributed by atoms with Gasteiger partial charge in [0.25, 0.3) is 5.91 Å². The molecule has 2 aromatic carbocycles. The number of amides is 1. The van der Waals surface area contributed by atoms with Crippen molar-refractivity contribution in [2.45, 2.75) is 6.54 Å². The van der Waals surface area contributed by atoms with Crippen LogP contribution in [0.5, 0.6) is 0 Å². The van der Waals surface area contributed by atoms with Gasteiger partial charge in [-0.25, -0.2) is 4.39 Å². The summed E-state index contributed by atoms with van der Waals surface area (Å²) < 4.78 is 14.2. The standard InChI is InChI=1S/C15H14BrFN2O/c1-19(9-10-5-7-11(18)8-6-10)15(20)12-3-2-4-13(16)14(12)17/h2-8H,9,18H2,1H3. The molecule has 2 N–H and O–H groups in total. The van der Waals surface area contributed by atoms with Gasteiger partial charge in [-0.15, -0.1) is 0 Å². The molecule has 0 aromatic heterocycles. The third kappa shape index (κ3) is 3.17. The molecule has 0 fully saturated rings. The first kappa shape index (κ1) is 14.5. The van der Waals surface area contributed by atoms with Gasteiger partial charge in [0.1, 0.15) is 5.82 Å². The van der Waals surface area contributed by atoms with Crippen molar-refractivity contribution in [1.82, 2.24) is 4.90 Å². The minimum Gasteiger partial charge on any atom is -0.399 e. The fourth-order valence-electron chi connectivity index (χ4n) is 1.84. The Hall–Kier alpha value is -1.88. The number of anilines is 1. The first-order chi connectivity index (χ1) is 9.49. The third-order valence-electron chi connectivity index (χ3n) is 2.93. The molecule has 0 spiro atoms. The maximum Gasteiger partial charge on any atom is 0.256 e. The van der Waals surface area contributed by atoms with Crippen LogP contribution in [0, 0.1) is 5.82 Å². The Morgan fingerprint density at radius 2 is 1.90 bits per heavy atom. The number of rotatable bonds is 3. The molecule has 0 saturated carbocycles. The molecule has 0 aliphatic heterocycles. The zero-order valence-electron chi connectivity index (χ0n) is 10.9. The second kappa shape index (κ2) is 6.05. The first-order valence-corrected chi connectivity index (χ1v) is 6.82. The van der Waals surface area contributed by atoms with Crippen LogP contribution in [0.25, 0.3) is 0 Å². The molecular formula is C15H14BrFN2O. The Morgan fingerprint density at radius 1 is 1.25 bits per heavy atom. The summed E-state index contributed by atoms with van der Waals surface area (Å²) in [6.07, 6.45) is 0. The lowest BCUT2D eigenvalue weighted by Gasteiger charge is -2.18. The summed E-state index contributed by atoms with van der Waals surface area (Å²) in [6.45, 7) is 0.394. The van der Waals surface area contributed by atoms with Crippen LogP contribution in [0.1, 0.15) is 15.9 Å². The lowest BCUT2D eigenvalue weighted by Crippen LogP contribution is -2.27. The largest absolute Gasteiger partial charge is 0.399 e. The van der Waals surface area contributed by atoms with Crippen molar-refractivity contribution in [3.8, 4) is 0 Å². The van der Waals surface area contributed by atoms with Gasteiger partial charge >= 0.3 is 0 Å². The Kier molecular flexibility index (Phi) is 4.39. The SMILES string of the molecule is CN(Cc1ccc(N)cc1)C(=O)c1cccc(Br)c1F. The number of nitrogen functional groups attached to an aromatic ring is 1. The highest BCUT2D eigenvalue weighted by Crippen LogP contribution is 2.20. The third-order valence-corrected chi connectivity index (χ3v) is 3.54. The van der Waals surface area contributed by atoms with E-state index < -0.39 is 5.82 Å². The molecule has 5 heteroatoms. The average molecular weight is 337 g/mol. The smallest absolute Gasteiger partial charge is 0.256 e. The summed E-state index contributed by atoms with van der Waals surface area (Å²) in [5, 5.41) is 0. The Labute approximate surface area is 125 Å². The van der Waals surface area contributed by atoms with Crippen molar-refractivity contribution < 1.29 is 9.18 Å². The van der Waals surface area contributed by atoms with E-state index in [0.717, 1.165) is 5.56 Å². The van der Waals surface area contributed by atoms with E-state index in [1.807, 2.05) is 12.1 Å². The lowest BCUT2D eigenvalue weighted by atomic mass is 10.1. The van der Waals surface area contributed by atoms with Crippen LogP contribution < -0.4 is 5.73 Å². The van der Waals surface area contributed by atoms with Crippen molar-refractivity contribution in [1.29, 1.82) is 0 Å². The van der Waals surface area contributed by atoms with Crippen molar-refractivity contribution >= 4 is 27.5 Å². The predicted molar refractivity (Wildman–Crippen MR) is 80.8 cm³/mol. The van der Waals surface area contributed by atoms with E-state index in [4.69, 9.17) is 5.73 Å². The predicted octanol–water partition coefficient (Wildman–Crippen LogP) is 3.44. The molecule has 104 valence electrons. The van der Waals surface area contributed by atoms with E-state index >= 15 is 0 Å². The van der Waals surface area contributed by atoms with E-state index in [0.29, 0.717) is 12.2 Å². The van der Waals surface area contributed by atoms with Gasteiger partial charge in [-0.3, -0.25) is 4.79 Å². The molecule has 0 aliphatic carbocycles. The first-order valence-electron chi connectivity index (χ1n) is 6.03. The highest BCUT2D eigenvalue weighted by atomic mass is 79.9. The monoisotopic (exact) mass is 336 g/mol. The minimum atomic E-state index is -0.540. The molecule has 0 bridgehead atoms. The van der Waals surface area contributed by atoms with Gasteiger partial charge in [-0.05, 0) is 45.8 Å². The second-order valence-electron chi connectivity index (χ2n) is 4.50. The van der Waals surface area contributed by atoms with Gasteiger partial charge in [0.05, 0.1) is 10.0 Å². The van der Waals surface area contributed by atoms with Crippen LogP contribution in [0.2, 0.25) is 0 Å². The van der Waals surface area contributed by atoms with E-state index in [1.54, 1.807) is 31.3 Å². The molecule has 20 heavy (non-hydrogen) atoms. The van der Waals surface area contributed by atoms with E-state index in [1.165, 1.54) is 11.0 Å². The fraction of sp³-hybridized carbons (Fsp3) is 0.133. The van der Waals surface area contributed by atoms with Gasteiger partial charge < -0.3 is 10.6 Å². The zero-order chi connectivity index (χ0) is 14.7. The molecule has 2 aromatic rings. The Balaban J connectivity index is 2.16. The van der Waals surface area contributed by atoms with Gasteiger partial charge in [0, 0.05) is 19.3 Å². The topological polar surface area (TPSA) is 46.3 Å². The molecule has 0 heterocycles. The number of nitrogens with zero attached hydrogens (tertiary/aromatic N) is 1. The van der Waals surface area contributed by atoms with Crippen LogP contribution >= 0.6 is 15.9 Å². The summed E-state index contributed by atoms with van der Waals surface area (Å²) >= 11 is 3.08. The lowest BCUT2D eigenvalue weighted by molar-refractivity contribution is 0.0780. The van der Waals surface area contributed by atoms with Gasteiger partial charge in [-0.1, -0.05) is 18.2 Å². The average Bonchev–Trinajstić information content (AvgIpc) is 2.43. The molecule has 0 aliphatic rings. The van der Waals surface area contributed by atoms with Crippen LogP contribution in [-0.2, 0) is 6.54 Å². The van der Waals surface area contributed by atoms with Crippen molar-refractivity contribution in [3.63, 3.8) is 0 Å². The van der Waals surface area contributed by atoms with Crippen molar-refractivity contribution in [2.24, 2.45) is 0 Å². The number of carbonyl (C=O) groups excluding carboxylic acids is 1. The van der Waals surface area contributed by atoms with Crippen LogP contribution in [0.3, 0.4) is 0 Å².